The van der Waals surface area contributed by atoms with Gasteiger partial charge in [-0.25, -0.2) is 14.3 Å². The molecule has 7 nitrogen and oxygen atoms in total. The molecule has 1 amide bonds. The fourth-order valence-electron chi connectivity index (χ4n) is 2.35. The topological polar surface area (TPSA) is 111 Å². The summed E-state index contributed by atoms with van der Waals surface area (Å²) in [5.74, 6) is 5.44. The molecule has 27 heavy (non-hydrogen) atoms. The van der Waals surface area contributed by atoms with Gasteiger partial charge in [-0.05, 0) is 42.5 Å². The normalized spacial score (nSPS) is 10.9. The third-order valence-corrected chi connectivity index (χ3v) is 5.00. The van der Waals surface area contributed by atoms with Gasteiger partial charge in [-0.3, -0.25) is 14.9 Å². The number of hydrogen-bond donors (Lipinski definition) is 3. The van der Waals surface area contributed by atoms with Gasteiger partial charge in [-0.1, -0.05) is 36.4 Å². The Morgan fingerprint density at radius 1 is 0.889 bits per heavy atom. The van der Waals surface area contributed by atoms with Gasteiger partial charge in [-0.15, -0.1) is 0 Å². The van der Waals surface area contributed by atoms with Crippen molar-refractivity contribution in [3.05, 3.63) is 84.4 Å². The summed E-state index contributed by atoms with van der Waals surface area (Å²) in [6.07, 6.45) is 0. The number of ether oxygens (including phenoxy) is 1. The van der Waals surface area contributed by atoms with Crippen LogP contribution in [0.5, 0.6) is 11.5 Å². The first kappa shape index (κ1) is 18.4. The van der Waals surface area contributed by atoms with Crippen LogP contribution < -0.4 is 20.7 Å². The number of carbonyl (C=O) groups is 1. The lowest BCUT2D eigenvalue weighted by Crippen LogP contribution is -2.30. The van der Waals surface area contributed by atoms with Gasteiger partial charge >= 0.3 is 0 Å². The molecule has 0 fully saturated rings. The summed E-state index contributed by atoms with van der Waals surface area (Å²) >= 11 is 0. The molecule has 4 N–H and O–H groups in total. The zero-order valence-electron chi connectivity index (χ0n) is 14.1. The van der Waals surface area contributed by atoms with E-state index in [1.165, 1.54) is 24.3 Å². The molecule has 138 valence electrons. The van der Waals surface area contributed by atoms with Crippen LogP contribution in [0.2, 0.25) is 0 Å². The largest absolute Gasteiger partial charge is 0.455 e. The molecule has 0 aliphatic heterocycles. The third kappa shape index (κ3) is 4.43. The maximum atomic E-state index is 12.7. The van der Waals surface area contributed by atoms with E-state index in [1.54, 1.807) is 36.4 Å². The molecule has 3 rings (SSSR count). The summed E-state index contributed by atoms with van der Waals surface area (Å²) in [6, 6.07) is 21.2. The number of nitrogens with two attached hydrogens (primary N) is 1. The molecule has 0 heterocycles. The standard InChI is InChI=1S/C19H17N3O4S/c20-21-19(23)14-7-6-10-16(13-14)27(24,25)22-17-11-4-5-12-18(17)26-15-8-2-1-3-9-15/h1-13,22H,20H2,(H,21,23). The summed E-state index contributed by atoms with van der Waals surface area (Å²) in [4.78, 5) is 11.6. The molecule has 3 aromatic carbocycles. The van der Waals surface area contributed by atoms with Crippen LogP contribution in [0.4, 0.5) is 5.69 Å². The van der Waals surface area contributed by atoms with Gasteiger partial charge in [-0.2, -0.15) is 0 Å². The molecule has 0 spiro atoms. The van der Waals surface area contributed by atoms with Crippen molar-refractivity contribution >= 4 is 21.6 Å². The first-order valence-corrected chi connectivity index (χ1v) is 9.44. The van der Waals surface area contributed by atoms with Gasteiger partial charge in [0.15, 0.2) is 5.75 Å². The molecule has 0 saturated carbocycles. The SMILES string of the molecule is NNC(=O)c1cccc(S(=O)(=O)Nc2ccccc2Oc2ccccc2)c1. The van der Waals surface area contributed by atoms with E-state index in [9.17, 15) is 13.2 Å². The molecule has 0 aromatic heterocycles. The maximum absolute atomic E-state index is 12.7. The minimum atomic E-state index is -3.94. The van der Waals surface area contributed by atoms with Crippen molar-refractivity contribution in [1.29, 1.82) is 0 Å². The van der Waals surface area contributed by atoms with Crippen LogP contribution in [-0.4, -0.2) is 14.3 Å². The van der Waals surface area contributed by atoms with Gasteiger partial charge in [0.2, 0.25) is 0 Å². The maximum Gasteiger partial charge on any atom is 0.265 e. The van der Waals surface area contributed by atoms with E-state index in [0.717, 1.165) is 0 Å². The van der Waals surface area contributed by atoms with Crippen molar-refractivity contribution in [2.45, 2.75) is 4.90 Å². The van der Waals surface area contributed by atoms with Gasteiger partial charge in [0, 0.05) is 5.56 Å². The number of nitrogens with one attached hydrogen (secondary N) is 2. The summed E-state index contributed by atoms with van der Waals surface area (Å²) in [6.45, 7) is 0. The van der Waals surface area contributed by atoms with Crippen molar-refractivity contribution in [2.75, 3.05) is 4.72 Å². The minimum absolute atomic E-state index is 0.0712. The van der Waals surface area contributed by atoms with Gasteiger partial charge in [0.05, 0.1) is 10.6 Å². The van der Waals surface area contributed by atoms with Gasteiger partial charge in [0.1, 0.15) is 5.75 Å². The van der Waals surface area contributed by atoms with Crippen molar-refractivity contribution in [3.63, 3.8) is 0 Å². The van der Waals surface area contributed by atoms with E-state index in [4.69, 9.17) is 10.6 Å². The van der Waals surface area contributed by atoms with E-state index < -0.39 is 15.9 Å². The van der Waals surface area contributed by atoms with Gasteiger partial charge < -0.3 is 4.74 Å². The molecule has 0 aliphatic rings. The summed E-state index contributed by atoms with van der Waals surface area (Å²) in [7, 11) is -3.94. The Hall–Kier alpha value is -3.36. The predicted octanol–water partition coefficient (Wildman–Crippen LogP) is 2.88. The Kier molecular flexibility index (Phi) is 5.39. The summed E-state index contributed by atoms with van der Waals surface area (Å²) in [5.41, 5.74) is 2.38. The molecular formula is C19H17N3O4S. The first-order chi connectivity index (χ1) is 13.0. The van der Waals surface area contributed by atoms with Crippen molar-refractivity contribution in [1.82, 2.24) is 5.43 Å². The lowest BCUT2D eigenvalue weighted by Gasteiger charge is -2.13. The van der Waals surface area contributed by atoms with E-state index in [1.807, 2.05) is 23.6 Å². The highest BCUT2D eigenvalue weighted by molar-refractivity contribution is 7.92. The highest BCUT2D eigenvalue weighted by Crippen LogP contribution is 2.30. The van der Waals surface area contributed by atoms with E-state index >= 15 is 0 Å². The molecule has 8 heteroatoms. The number of rotatable bonds is 6. The summed E-state index contributed by atoms with van der Waals surface area (Å²) < 4.78 is 33.7. The van der Waals surface area contributed by atoms with E-state index in [0.29, 0.717) is 11.5 Å². The Bertz CT molecular complexity index is 1050. The van der Waals surface area contributed by atoms with Crippen molar-refractivity contribution in [2.24, 2.45) is 5.84 Å². The Morgan fingerprint density at radius 2 is 1.59 bits per heavy atom. The van der Waals surface area contributed by atoms with Crippen LogP contribution >= 0.6 is 0 Å². The van der Waals surface area contributed by atoms with Crippen LogP contribution in [0.3, 0.4) is 0 Å². The number of carbonyl (C=O) groups excluding carboxylic acids is 1. The highest BCUT2D eigenvalue weighted by Gasteiger charge is 2.18. The number of hydrazine groups is 1. The van der Waals surface area contributed by atoms with Crippen LogP contribution in [-0.2, 0) is 10.0 Å². The first-order valence-electron chi connectivity index (χ1n) is 7.95. The predicted molar refractivity (Wildman–Crippen MR) is 102 cm³/mol. The highest BCUT2D eigenvalue weighted by atomic mass is 32.2. The fourth-order valence-corrected chi connectivity index (χ4v) is 3.46. The number of anilines is 1. The lowest BCUT2D eigenvalue weighted by atomic mass is 10.2. The molecular weight excluding hydrogens is 366 g/mol. The molecule has 0 atom stereocenters. The lowest BCUT2D eigenvalue weighted by molar-refractivity contribution is 0.0953. The molecule has 0 radical (unpaired) electrons. The van der Waals surface area contributed by atoms with Crippen molar-refractivity contribution in [3.8, 4) is 11.5 Å². The van der Waals surface area contributed by atoms with Crippen LogP contribution in [0.25, 0.3) is 0 Å². The molecule has 0 bridgehead atoms. The minimum Gasteiger partial charge on any atom is -0.455 e. The monoisotopic (exact) mass is 383 g/mol. The van der Waals surface area contributed by atoms with Crippen molar-refractivity contribution < 1.29 is 17.9 Å². The van der Waals surface area contributed by atoms with Crippen LogP contribution in [0.15, 0.2) is 83.8 Å². The Labute approximate surface area is 156 Å². The molecule has 0 saturated heterocycles. The second-order valence-corrected chi connectivity index (χ2v) is 7.20. The van der Waals surface area contributed by atoms with Gasteiger partial charge in [0.25, 0.3) is 15.9 Å². The number of sulfonamides is 1. The quantitative estimate of drug-likeness (QED) is 0.344. The van der Waals surface area contributed by atoms with Crippen LogP contribution in [0, 0.1) is 0 Å². The molecule has 0 aliphatic carbocycles. The number of hydrogen-bond acceptors (Lipinski definition) is 5. The average molecular weight is 383 g/mol. The van der Waals surface area contributed by atoms with E-state index in [-0.39, 0.29) is 16.1 Å². The average Bonchev–Trinajstić information content (AvgIpc) is 2.69. The van der Waals surface area contributed by atoms with E-state index in [2.05, 4.69) is 4.72 Å². The molecule has 3 aromatic rings. The summed E-state index contributed by atoms with van der Waals surface area (Å²) in [5, 5.41) is 0. The fraction of sp³-hybridized carbons (Fsp3) is 0. The number of para-hydroxylation sites is 3. The molecule has 0 unspecified atom stereocenters. The third-order valence-electron chi connectivity index (χ3n) is 3.64. The second kappa shape index (κ2) is 7.90. The second-order valence-electron chi connectivity index (χ2n) is 5.52. The Balaban J connectivity index is 1.90. The number of benzene rings is 3. The number of nitrogen functional groups attached to an aromatic ring is 1. The van der Waals surface area contributed by atoms with Crippen LogP contribution in [0.1, 0.15) is 10.4 Å². The smallest absolute Gasteiger partial charge is 0.265 e. The zero-order valence-corrected chi connectivity index (χ0v) is 14.9. The zero-order chi connectivity index (χ0) is 19.3. The number of amides is 1. The Morgan fingerprint density at radius 3 is 2.33 bits per heavy atom.